The van der Waals surface area contributed by atoms with Gasteiger partial charge in [-0.2, -0.15) is 0 Å². The first-order valence-electron chi connectivity index (χ1n) is 12.4. The van der Waals surface area contributed by atoms with Crippen LogP contribution in [0.4, 0.5) is 0 Å². The summed E-state index contributed by atoms with van der Waals surface area (Å²) in [6.07, 6.45) is 3.43. The van der Waals surface area contributed by atoms with Gasteiger partial charge in [-0.25, -0.2) is 0 Å². The van der Waals surface area contributed by atoms with Crippen molar-refractivity contribution < 1.29 is 19.4 Å². The van der Waals surface area contributed by atoms with E-state index in [4.69, 9.17) is 4.42 Å². The zero-order chi connectivity index (χ0) is 25.4. The lowest BCUT2D eigenvalue weighted by Gasteiger charge is -2.42. The minimum Gasteiger partial charge on any atom is -0.508 e. The standard InChI is InChI=1S/C30H37NO4/c1-19-14-25-26(30(4,5)13-12-29(25,2)3)17-21(19)16-24-10-11-27(35-24)28(34)31-22(18-32)15-20-6-8-23(33)9-7-20/h6-11,14,17,22,32-33H,12-13,15-16,18H2,1-5H3,(H,31,34)/t22-/m1/s1. The summed E-state index contributed by atoms with van der Waals surface area (Å²) in [6.45, 7) is 11.3. The van der Waals surface area contributed by atoms with Crippen molar-refractivity contribution in [2.45, 2.75) is 77.2 Å². The van der Waals surface area contributed by atoms with E-state index in [0.717, 1.165) is 17.7 Å². The smallest absolute Gasteiger partial charge is 0.287 e. The van der Waals surface area contributed by atoms with Crippen molar-refractivity contribution in [1.82, 2.24) is 5.32 Å². The second kappa shape index (κ2) is 9.54. The Labute approximate surface area is 208 Å². The van der Waals surface area contributed by atoms with Crippen LogP contribution in [0.3, 0.4) is 0 Å². The number of phenols is 1. The Hall–Kier alpha value is -3.05. The summed E-state index contributed by atoms with van der Waals surface area (Å²) in [5.41, 5.74) is 6.54. The number of aryl methyl sites for hydroxylation is 1. The molecule has 0 radical (unpaired) electrons. The van der Waals surface area contributed by atoms with Gasteiger partial charge in [-0.15, -0.1) is 0 Å². The molecule has 3 aromatic rings. The molecule has 2 aromatic carbocycles. The van der Waals surface area contributed by atoms with Crippen LogP contribution in [-0.4, -0.2) is 28.8 Å². The van der Waals surface area contributed by atoms with E-state index < -0.39 is 6.04 Å². The third kappa shape index (κ3) is 5.46. The molecule has 1 amide bonds. The number of carbonyl (C=O) groups excluding carboxylic acids is 1. The van der Waals surface area contributed by atoms with Gasteiger partial charge in [0.1, 0.15) is 11.5 Å². The van der Waals surface area contributed by atoms with Gasteiger partial charge in [0.05, 0.1) is 12.6 Å². The van der Waals surface area contributed by atoms with E-state index >= 15 is 0 Å². The first-order chi connectivity index (χ1) is 16.5. The molecule has 0 spiro atoms. The van der Waals surface area contributed by atoms with Crippen LogP contribution in [-0.2, 0) is 23.7 Å². The van der Waals surface area contributed by atoms with Crippen molar-refractivity contribution in [2.75, 3.05) is 6.61 Å². The van der Waals surface area contributed by atoms with E-state index in [1.165, 1.54) is 28.7 Å². The van der Waals surface area contributed by atoms with Gasteiger partial charge in [-0.3, -0.25) is 4.79 Å². The highest BCUT2D eigenvalue weighted by Crippen LogP contribution is 2.46. The summed E-state index contributed by atoms with van der Waals surface area (Å²) in [5, 5.41) is 22.0. The molecule has 35 heavy (non-hydrogen) atoms. The Bertz CT molecular complexity index is 1200. The van der Waals surface area contributed by atoms with Crippen LogP contribution in [0.25, 0.3) is 0 Å². The minimum absolute atomic E-state index is 0.137. The fourth-order valence-corrected chi connectivity index (χ4v) is 5.07. The van der Waals surface area contributed by atoms with Crippen LogP contribution in [0.5, 0.6) is 5.75 Å². The Morgan fingerprint density at radius 1 is 1.00 bits per heavy atom. The average molecular weight is 476 g/mol. The number of nitrogens with one attached hydrogen (secondary N) is 1. The van der Waals surface area contributed by atoms with Gasteiger partial charge in [-0.1, -0.05) is 52.0 Å². The molecule has 3 N–H and O–H groups in total. The number of amides is 1. The molecule has 0 saturated carbocycles. The monoisotopic (exact) mass is 475 g/mol. The number of carbonyl (C=O) groups is 1. The molecule has 0 saturated heterocycles. The Balaban J connectivity index is 1.48. The lowest BCUT2D eigenvalue weighted by molar-refractivity contribution is 0.0887. The number of furan rings is 1. The van der Waals surface area contributed by atoms with Crippen molar-refractivity contribution in [2.24, 2.45) is 0 Å². The van der Waals surface area contributed by atoms with Crippen LogP contribution < -0.4 is 5.32 Å². The number of aromatic hydroxyl groups is 1. The molecule has 1 aliphatic rings. The highest BCUT2D eigenvalue weighted by molar-refractivity contribution is 5.91. The molecule has 0 bridgehead atoms. The number of fused-ring (bicyclic) bond motifs is 1. The highest BCUT2D eigenvalue weighted by Gasteiger charge is 2.37. The van der Waals surface area contributed by atoms with Crippen LogP contribution in [0.2, 0.25) is 0 Å². The van der Waals surface area contributed by atoms with Gasteiger partial charge in [0, 0.05) is 6.42 Å². The Kier molecular flexibility index (Phi) is 6.83. The van der Waals surface area contributed by atoms with Crippen molar-refractivity contribution in [3.05, 3.63) is 87.9 Å². The third-order valence-corrected chi connectivity index (χ3v) is 7.53. The highest BCUT2D eigenvalue weighted by atomic mass is 16.4. The fraction of sp³-hybridized carbons (Fsp3) is 0.433. The molecule has 186 valence electrons. The first kappa shape index (κ1) is 25.1. The van der Waals surface area contributed by atoms with E-state index in [1.54, 1.807) is 30.3 Å². The predicted molar refractivity (Wildman–Crippen MR) is 138 cm³/mol. The normalized spacial score (nSPS) is 17.0. The van der Waals surface area contributed by atoms with Crippen LogP contribution in [0, 0.1) is 6.92 Å². The topological polar surface area (TPSA) is 82.7 Å². The molecule has 1 aromatic heterocycles. The molecule has 0 aliphatic heterocycles. The SMILES string of the molecule is Cc1cc2c(cc1Cc1ccc(C(=O)N[C@@H](CO)Cc3ccc(O)cc3)o1)C(C)(C)CCC2(C)C. The maximum Gasteiger partial charge on any atom is 0.287 e. The van der Waals surface area contributed by atoms with E-state index in [0.29, 0.717) is 12.8 Å². The Morgan fingerprint density at radius 2 is 1.63 bits per heavy atom. The van der Waals surface area contributed by atoms with Gasteiger partial charge >= 0.3 is 0 Å². The quantitative estimate of drug-likeness (QED) is 0.417. The summed E-state index contributed by atoms with van der Waals surface area (Å²) in [7, 11) is 0. The summed E-state index contributed by atoms with van der Waals surface area (Å²) in [4.78, 5) is 12.8. The predicted octanol–water partition coefficient (Wildman–Crippen LogP) is 5.57. The largest absolute Gasteiger partial charge is 0.508 e. The van der Waals surface area contributed by atoms with E-state index in [-0.39, 0.29) is 34.9 Å². The zero-order valence-electron chi connectivity index (χ0n) is 21.4. The van der Waals surface area contributed by atoms with E-state index in [9.17, 15) is 15.0 Å². The minimum atomic E-state index is -0.450. The number of aliphatic hydroxyl groups is 1. The molecule has 4 rings (SSSR count). The molecule has 0 fully saturated rings. The van der Waals surface area contributed by atoms with Crippen LogP contribution in [0.15, 0.2) is 52.9 Å². The maximum atomic E-state index is 12.8. The fourth-order valence-electron chi connectivity index (χ4n) is 5.07. The molecule has 1 aliphatic carbocycles. The summed E-state index contributed by atoms with van der Waals surface area (Å²) < 4.78 is 5.93. The molecule has 5 heteroatoms. The maximum absolute atomic E-state index is 12.8. The molecular formula is C30H37NO4. The van der Waals surface area contributed by atoms with Gasteiger partial charge in [-0.05, 0) is 89.1 Å². The summed E-state index contributed by atoms with van der Waals surface area (Å²) >= 11 is 0. The average Bonchev–Trinajstić information content (AvgIpc) is 3.28. The van der Waals surface area contributed by atoms with Gasteiger partial charge < -0.3 is 19.9 Å². The van der Waals surface area contributed by atoms with Crippen LogP contribution in [0.1, 0.15) is 84.7 Å². The van der Waals surface area contributed by atoms with Gasteiger partial charge in [0.2, 0.25) is 0 Å². The van der Waals surface area contributed by atoms with E-state index in [1.807, 2.05) is 6.07 Å². The lowest BCUT2D eigenvalue weighted by atomic mass is 9.62. The number of hydrogen-bond donors (Lipinski definition) is 3. The van der Waals surface area contributed by atoms with Crippen molar-refractivity contribution >= 4 is 5.91 Å². The van der Waals surface area contributed by atoms with Crippen molar-refractivity contribution in [3.63, 3.8) is 0 Å². The Morgan fingerprint density at radius 3 is 2.26 bits per heavy atom. The number of rotatable bonds is 7. The molecule has 1 heterocycles. The first-order valence-corrected chi connectivity index (χ1v) is 12.4. The summed E-state index contributed by atoms with van der Waals surface area (Å²) in [6, 6.07) is 14.5. The molecule has 0 unspecified atom stereocenters. The second-order valence-corrected chi connectivity index (χ2v) is 11.3. The van der Waals surface area contributed by atoms with Crippen molar-refractivity contribution in [1.29, 1.82) is 0 Å². The second-order valence-electron chi connectivity index (χ2n) is 11.3. The molecule has 5 nitrogen and oxygen atoms in total. The van der Waals surface area contributed by atoms with Crippen molar-refractivity contribution in [3.8, 4) is 5.75 Å². The van der Waals surface area contributed by atoms with Gasteiger partial charge in [0.25, 0.3) is 5.91 Å². The van der Waals surface area contributed by atoms with Gasteiger partial charge in [0.15, 0.2) is 5.76 Å². The third-order valence-electron chi connectivity index (χ3n) is 7.53. The summed E-state index contributed by atoms with van der Waals surface area (Å²) in [5.74, 6) is 0.813. The molecular weight excluding hydrogens is 438 g/mol. The number of aliphatic hydroxyl groups excluding tert-OH is 1. The number of benzene rings is 2. The van der Waals surface area contributed by atoms with Crippen LogP contribution >= 0.6 is 0 Å². The number of hydrogen-bond acceptors (Lipinski definition) is 4. The molecule has 1 atom stereocenters. The van der Waals surface area contributed by atoms with E-state index in [2.05, 4.69) is 52.1 Å². The zero-order valence-corrected chi connectivity index (χ0v) is 21.4. The lowest BCUT2D eigenvalue weighted by Crippen LogP contribution is -2.38. The number of phenolic OH excluding ortho intramolecular Hbond substituents is 1.